The highest BCUT2D eigenvalue weighted by molar-refractivity contribution is 6.33. The van der Waals surface area contributed by atoms with Gasteiger partial charge in [-0.25, -0.2) is 4.79 Å². The number of benzene rings is 1. The Morgan fingerprint density at radius 3 is 2.38 bits per heavy atom. The van der Waals surface area contributed by atoms with Crippen molar-refractivity contribution in [3.8, 4) is 11.5 Å². The van der Waals surface area contributed by atoms with Crippen LogP contribution >= 0.6 is 0 Å². The maximum atomic E-state index is 13.3. The van der Waals surface area contributed by atoms with E-state index in [1.54, 1.807) is 32.0 Å². The van der Waals surface area contributed by atoms with Crippen LogP contribution in [0.1, 0.15) is 66.4 Å². The molecule has 2 rings (SSSR count). The van der Waals surface area contributed by atoms with E-state index in [2.05, 4.69) is 5.32 Å². The van der Waals surface area contributed by atoms with Crippen LogP contribution in [-0.4, -0.2) is 84.3 Å². The highest BCUT2D eigenvalue weighted by Crippen LogP contribution is 2.32. The number of likely N-dealkylation sites (N-methyl/N-ethyl adjacent to an activating group) is 1. The summed E-state index contributed by atoms with van der Waals surface area (Å²) in [5.41, 5.74) is 3.43. The maximum Gasteiger partial charge on any atom is 0.402 e. The summed E-state index contributed by atoms with van der Waals surface area (Å²) < 4.78 is 11.3. The second kappa shape index (κ2) is 15.3. The van der Waals surface area contributed by atoms with E-state index in [4.69, 9.17) is 20.0 Å². The summed E-state index contributed by atoms with van der Waals surface area (Å²) in [5, 5.41) is 20.3. The summed E-state index contributed by atoms with van der Waals surface area (Å²) in [6, 6.07) is 4.87. The average Bonchev–Trinajstić information content (AvgIpc) is 2.90. The number of hydrogen-bond donors (Lipinski definition) is 3. The Hall–Kier alpha value is -3.50. The first-order chi connectivity index (χ1) is 19.0. The molecule has 0 spiro atoms. The predicted octanol–water partition coefficient (Wildman–Crippen LogP) is 3.54. The van der Waals surface area contributed by atoms with E-state index in [0.717, 1.165) is 12.0 Å². The molecule has 10 heteroatoms. The van der Waals surface area contributed by atoms with Gasteiger partial charge in [0.25, 0.3) is 5.91 Å². The summed E-state index contributed by atoms with van der Waals surface area (Å²) in [6.45, 7) is 12.8. The molecule has 0 unspecified atom stereocenters. The zero-order valence-electron chi connectivity index (χ0n) is 24.8. The zero-order chi connectivity index (χ0) is 30.0. The number of nitrogens with zero attached hydrogens (tertiary/aromatic N) is 2. The van der Waals surface area contributed by atoms with Gasteiger partial charge < -0.3 is 30.2 Å². The van der Waals surface area contributed by atoms with E-state index in [1.165, 1.54) is 4.90 Å². The number of carbonyl (C=O) groups is 3. The first-order valence-corrected chi connectivity index (χ1v) is 13.8. The number of hydrogen-bond acceptors (Lipinski definition) is 8. The Balaban J connectivity index is 2.31. The van der Waals surface area contributed by atoms with Crippen LogP contribution in [0, 0.1) is 5.41 Å². The first-order valence-electron chi connectivity index (χ1n) is 13.8. The number of nitrogens with one attached hydrogen (secondary N) is 2. The fourth-order valence-corrected chi connectivity index (χ4v) is 4.19. The number of likely N-dealkylation sites (tertiary alicyclic amines) is 1. The molecule has 1 aromatic rings. The number of ether oxygens (including phenoxy) is 2. The summed E-state index contributed by atoms with van der Waals surface area (Å²) in [6.07, 6.45) is 2.04. The van der Waals surface area contributed by atoms with Crippen molar-refractivity contribution in [1.82, 2.24) is 15.1 Å². The van der Waals surface area contributed by atoms with E-state index in [0.29, 0.717) is 73.0 Å². The highest BCUT2D eigenvalue weighted by Gasteiger charge is 2.37. The van der Waals surface area contributed by atoms with Gasteiger partial charge in [0.1, 0.15) is 11.5 Å². The summed E-state index contributed by atoms with van der Waals surface area (Å²) in [5.74, 6) is -1.42. The Morgan fingerprint density at radius 1 is 1.12 bits per heavy atom. The molecule has 1 saturated heterocycles. The van der Waals surface area contributed by atoms with Crippen molar-refractivity contribution in [1.29, 1.82) is 5.41 Å². The van der Waals surface area contributed by atoms with Crippen molar-refractivity contribution in [2.75, 3.05) is 39.9 Å². The predicted molar refractivity (Wildman–Crippen MR) is 155 cm³/mol. The standard InChI is InChI=1S/C30H44N4O6/c1-8-11-25(31)20(5)21(6)28(36)32-27(19(4)9-2)24-16-23(12-13-26(24)39-10-3)40-30(38)29(37)34-17-22(18-34)33(7)14-15-35/h12-13,16,22,31,35H,8-11,14-15,17-18H2,1-7H3,(H,32,36)/b21-20+,27-19?,31-25?. The van der Waals surface area contributed by atoms with Gasteiger partial charge in [-0.05, 0) is 76.9 Å². The van der Waals surface area contributed by atoms with Gasteiger partial charge in [0.2, 0.25) is 0 Å². The van der Waals surface area contributed by atoms with Crippen LogP contribution in [0.2, 0.25) is 0 Å². The molecule has 10 nitrogen and oxygen atoms in total. The minimum absolute atomic E-state index is 0.0233. The smallest absolute Gasteiger partial charge is 0.402 e. The monoisotopic (exact) mass is 556 g/mol. The van der Waals surface area contributed by atoms with Crippen molar-refractivity contribution in [2.24, 2.45) is 0 Å². The molecule has 1 aromatic carbocycles. The second-order valence-electron chi connectivity index (χ2n) is 9.99. The van der Waals surface area contributed by atoms with Crippen LogP contribution in [0.4, 0.5) is 0 Å². The number of amides is 2. The van der Waals surface area contributed by atoms with Crippen molar-refractivity contribution >= 4 is 29.2 Å². The lowest BCUT2D eigenvalue weighted by Gasteiger charge is -2.43. The fraction of sp³-hybridized carbons (Fsp3) is 0.533. The third kappa shape index (κ3) is 8.25. The molecular weight excluding hydrogens is 512 g/mol. The first kappa shape index (κ1) is 32.7. The lowest BCUT2D eigenvalue weighted by molar-refractivity contribution is -0.158. The average molecular weight is 557 g/mol. The number of aliphatic hydroxyl groups is 1. The molecule has 0 bridgehead atoms. The Morgan fingerprint density at radius 2 is 1.80 bits per heavy atom. The van der Waals surface area contributed by atoms with Gasteiger partial charge in [-0.15, -0.1) is 0 Å². The number of aliphatic hydroxyl groups excluding tert-OH is 1. The van der Waals surface area contributed by atoms with Crippen molar-refractivity contribution < 1.29 is 29.0 Å². The SMILES string of the molecule is CCCC(=N)/C(C)=C(\C)C(=O)NC(=C(C)CC)c1cc(OC(=O)C(=O)N2CC(N(C)CCO)C2)ccc1OCC. The van der Waals surface area contributed by atoms with E-state index < -0.39 is 11.9 Å². The van der Waals surface area contributed by atoms with Gasteiger partial charge >= 0.3 is 11.9 Å². The quantitative estimate of drug-likeness (QED) is 0.111. The molecule has 220 valence electrons. The number of carbonyl (C=O) groups excluding carboxylic acids is 3. The van der Waals surface area contributed by atoms with Gasteiger partial charge in [-0.2, -0.15) is 0 Å². The lowest BCUT2D eigenvalue weighted by Crippen LogP contribution is -2.62. The summed E-state index contributed by atoms with van der Waals surface area (Å²) in [4.78, 5) is 41.9. The normalized spacial score (nSPS) is 14.7. The number of rotatable bonds is 13. The van der Waals surface area contributed by atoms with Crippen LogP contribution in [0.3, 0.4) is 0 Å². The van der Waals surface area contributed by atoms with Crippen LogP contribution in [-0.2, 0) is 14.4 Å². The number of allylic oxidation sites excluding steroid dienone is 2. The van der Waals surface area contributed by atoms with E-state index >= 15 is 0 Å². The molecule has 0 aliphatic carbocycles. The molecule has 2 amide bonds. The third-order valence-electron chi connectivity index (χ3n) is 7.18. The minimum atomic E-state index is -0.996. The molecule has 1 aliphatic rings. The molecular formula is C30H44N4O6. The summed E-state index contributed by atoms with van der Waals surface area (Å²) >= 11 is 0. The molecule has 0 saturated carbocycles. The highest BCUT2D eigenvalue weighted by atomic mass is 16.5. The zero-order valence-corrected chi connectivity index (χ0v) is 24.8. The van der Waals surface area contributed by atoms with Crippen LogP contribution in [0.15, 0.2) is 34.9 Å². The van der Waals surface area contributed by atoms with E-state index in [9.17, 15) is 14.4 Å². The fourth-order valence-electron chi connectivity index (χ4n) is 4.19. The molecule has 1 heterocycles. The van der Waals surface area contributed by atoms with Crippen molar-refractivity contribution in [3.05, 3.63) is 40.5 Å². The molecule has 40 heavy (non-hydrogen) atoms. The maximum absolute atomic E-state index is 13.3. The molecule has 0 radical (unpaired) electrons. The second-order valence-corrected chi connectivity index (χ2v) is 9.99. The molecule has 0 atom stereocenters. The van der Waals surface area contributed by atoms with Crippen molar-refractivity contribution in [2.45, 2.75) is 66.8 Å². The molecule has 1 aliphatic heterocycles. The van der Waals surface area contributed by atoms with Gasteiger partial charge in [0.15, 0.2) is 0 Å². The van der Waals surface area contributed by atoms with Crippen LogP contribution in [0.25, 0.3) is 5.70 Å². The molecule has 3 N–H and O–H groups in total. The third-order valence-corrected chi connectivity index (χ3v) is 7.18. The Labute approximate surface area is 237 Å². The van der Waals surface area contributed by atoms with Gasteiger partial charge in [0, 0.05) is 42.5 Å². The van der Waals surface area contributed by atoms with Gasteiger partial charge in [0.05, 0.1) is 18.9 Å². The lowest BCUT2D eigenvalue weighted by atomic mass is 10.0. The van der Waals surface area contributed by atoms with Gasteiger partial charge in [-0.3, -0.25) is 14.5 Å². The van der Waals surface area contributed by atoms with Gasteiger partial charge in [-0.1, -0.05) is 20.3 Å². The van der Waals surface area contributed by atoms with Crippen LogP contribution < -0.4 is 14.8 Å². The Kier molecular flexibility index (Phi) is 12.5. The summed E-state index contributed by atoms with van der Waals surface area (Å²) in [7, 11) is 1.86. The van der Waals surface area contributed by atoms with Crippen LogP contribution in [0.5, 0.6) is 11.5 Å². The largest absolute Gasteiger partial charge is 0.493 e. The minimum Gasteiger partial charge on any atom is -0.493 e. The van der Waals surface area contributed by atoms with E-state index in [-0.39, 0.29) is 24.3 Å². The Bertz CT molecular complexity index is 1170. The molecule has 1 fully saturated rings. The van der Waals surface area contributed by atoms with Crippen molar-refractivity contribution in [3.63, 3.8) is 0 Å². The number of esters is 1. The topological polar surface area (TPSA) is 132 Å². The van der Waals surface area contributed by atoms with E-state index in [1.807, 2.05) is 39.6 Å². The molecule has 0 aromatic heterocycles.